The summed E-state index contributed by atoms with van der Waals surface area (Å²) in [5, 5.41) is 13.1. The second-order valence-corrected chi connectivity index (χ2v) is 6.43. The maximum absolute atomic E-state index is 12.2. The van der Waals surface area contributed by atoms with Gasteiger partial charge in [0, 0.05) is 17.5 Å². The van der Waals surface area contributed by atoms with E-state index in [2.05, 4.69) is 20.5 Å². The van der Waals surface area contributed by atoms with Gasteiger partial charge in [0.1, 0.15) is 5.69 Å². The van der Waals surface area contributed by atoms with Crippen molar-refractivity contribution in [3.05, 3.63) is 42.4 Å². The molecule has 128 valence electrons. The van der Waals surface area contributed by atoms with E-state index in [1.54, 1.807) is 6.20 Å². The SMILES string of the molecule is O=C(NCc1nnc(-c2nccc3ccccc23)o1)C1CCCCC1. The number of nitrogens with zero attached hydrogens (tertiary/aromatic N) is 3. The zero-order chi connectivity index (χ0) is 17.1. The topological polar surface area (TPSA) is 80.9 Å². The first-order valence-electron chi connectivity index (χ1n) is 8.75. The third-order valence-electron chi connectivity index (χ3n) is 4.73. The van der Waals surface area contributed by atoms with E-state index in [-0.39, 0.29) is 18.4 Å². The Morgan fingerprint density at radius 3 is 2.84 bits per heavy atom. The van der Waals surface area contributed by atoms with Gasteiger partial charge in [-0.05, 0) is 24.3 Å². The van der Waals surface area contributed by atoms with E-state index in [0.29, 0.717) is 17.5 Å². The third-order valence-corrected chi connectivity index (χ3v) is 4.73. The van der Waals surface area contributed by atoms with E-state index in [1.807, 2.05) is 30.3 Å². The van der Waals surface area contributed by atoms with Crippen molar-refractivity contribution in [2.24, 2.45) is 5.92 Å². The highest BCUT2D eigenvalue weighted by Gasteiger charge is 2.21. The van der Waals surface area contributed by atoms with Gasteiger partial charge < -0.3 is 9.73 Å². The lowest BCUT2D eigenvalue weighted by Crippen LogP contribution is -2.31. The molecular formula is C19H20N4O2. The molecule has 1 aliphatic carbocycles. The molecular weight excluding hydrogens is 316 g/mol. The van der Waals surface area contributed by atoms with Crippen LogP contribution in [0.25, 0.3) is 22.4 Å². The number of benzene rings is 1. The number of amides is 1. The van der Waals surface area contributed by atoms with Crippen LogP contribution in [0.1, 0.15) is 38.0 Å². The van der Waals surface area contributed by atoms with E-state index in [4.69, 9.17) is 4.42 Å². The molecule has 1 fully saturated rings. The van der Waals surface area contributed by atoms with Crippen molar-refractivity contribution in [1.82, 2.24) is 20.5 Å². The molecule has 0 radical (unpaired) electrons. The highest BCUT2D eigenvalue weighted by molar-refractivity contribution is 5.92. The van der Waals surface area contributed by atoms with Gasteiger partial charge in [-0.3, -0.25) is 9.78 Å². The van der Waals surface area contributed by atoms with Crippen LogP contribution in [-0.2, 0) is 11.3 Å². The summed E-state index contributed by atoms with van der Waals surface area (Å²) in [6.07, 6.45) is 7.17. The first-order valence-corrected chi connectivity index (χ1v) is 8.75. The first-order chi connectivity index (χ1) is 12.3. The number of aromatic nitrogens is 3. The molecule has 2 aromatic heterocycles. The van der Waals surface area contributed by atoms with Crippen molar-refractivity contribution in [3.8, 4) is 11.6 Å². The van der Waals surface area contributed by atoms with E-state index in [1.165, 1.54) is 6.42 Å². The van der Waals surface area contributed by atoms with Crippen LogP contribution in [0.4, 0.5) is 0 Å². The molecule has 0 atom stereocenters. The first kappa shape index (κ1) is 15.7. The van der Waals surface area contributed by atoms with E-state index < -0.39 is 0 Å². The minimum atomic E-state index is 0.0859. The van der Waals surface area contributed by atoms with Crippen LogP contribution in [0, 0.1) is 5.92 Å². The highest BCUT2D eigenvalue weighted by atomic mass is 16.4. The molecule has 1 N–H and O–H groups in total. The Labute approximate surface area is 145 Å². The number of fused-ring (bicyclic) bond motifs is 1. The molecule has 0 saturated heterocycles. The van der Waals surface area contributed by atoms with Crippen LogP contribution in [-0.4, -0.2) is 21.1 Å². The lowest BCUT2D eigenvalue weighted by Gasteiger charge is -2.20. The molecule has 0 unspecified atom stereocenters. The number of nitrogens with one attached hydrogen (secondary N) is 1. The molecule has 1 aliphatic rings. The van der Waals surface area contributed by atoms with Crippen LogP contribution in [0.15, 0.2) is 40.9 Å². The summed E-state index contributed by atoms with van der Waals surface area (Å²) in [5.41, 5.74) is 0.662. The number of hydrogen-bond acceptors (Lipinski definition) is 5. The van der Waals surface area contributed by atoms with E-state index in [0.717, 1.165) is 36.5 Å². The summed E-state index contributed by atoms with van der Waals surface area (Å²) in [4.78, 5) is 16.6. The zero-order valence-electron chi connectivity index (χ0n) is 13.9. The quantitative estimate of drug-likeness (QED) is 0.789. The van der Waals surface area contributed by atoms with Crippen LogP contribution >= 0.6 is 0 Å². The van der Waals surface area contributed by atoms with Crippen molar-refractivity contribution in [3.63, 3.8) is 0 Å². The summed E-state index contributed by atoms with van der Waals surface area (Å²) in [6.45, 7) is 0.257. The van der Waals surface area contributed by atoms with Gasteiger partial charge in [0.05, 0.1) is 6.54 Å². The Morgan fingerprint density at radius 2 is 1.96 bits per heavy atom. The maximum Gasteiger partial charge on any atom is 0.266 e. The van der Waals surface area contributed by atoms with Gasteiger partial charge in [-0.15, -0.1) is 10.2 Å². The van der Waals surface area contributed by atoms with Gasteiger partial charge in [-0.2, -0.15) is 0 Å². The Kier molecular flexibility index (Phi) is 4.41. The average molecular weight is 336 g/mol. The maximum atomic E-state index is 12.2. The minimum Gasteiger partial charge on any atom is -0.417 e. The molecule has 4 rings (SSSR count). The number of rotatable bonds is 4. The van der Waals surface area contributed by atoms with Crippen molar-refractivity contribution in [2.75, 3.05) is 0 Å². The number of carbonyl (C=O) groups is 1. The lowest BCUT2D eigenvalue weighted by atomic mass is 9.89. The average Bonchev–Trinajstić information content (AvgIpc) is 3.15. The summed E-state index contributed by atoms with van der Waals surface area (Å²) in [5.74, 6) is 0.978. The van der Waals surface area contributed by atoms with Crippen LogP contribution < -0.4 is 5.32 Å². The molecule has 0 spiro atoms. The highest BCUT2D eigenvalue weighted by Crippen LogP contribution is 2.26. The summed E-state index contributed by atoms with van der Waals surface area (Å²) < 4.78 is 5.72. The minimum absolute atomic E-state index is 0.0859. The fourth-order valence-electron chi connectivity index (χ4n) is 3.38. The molecule has 3 aromatic rings. The number of hydrogen-bond donors (Lipinski definition) is 1. The smallest absolute Gasteiger partial charge is 0.266 e. The predicted octanol–water partition coefficient (Wildman–Crippen LogP) is 3.48. The van der Waals surface area contributed by atoms with Gasteiger partial charge in [-0.25, -0.2) is 0 Å². The van der Waals surface area contributed by atoms with Crippen LogP contribution in [0.3, 0.4) is 0 Å². The second kappa shape index (κ2) is 7.01. The standard InChI is InChI=1S/C19H20N4O2/c24-18(14-7-2-1-3-8-14)21-12-16-22-23-19(25-16)17-15-9-5-4-6-13(15)10-11-20-17/h4-6,9-11,14H,1-3,7-8,12H2,(H,21,24). The predicted molar refractivity (Wildman–Crippen MR) is 93.5 cm³/mol. The molecule has 2 heterocycles. The van der Waals surface area contributed by atoms with E-state index in [9.17, 15) is 4.79 Å². The van der Waals surface area contributed by atoms with Gasteiger partial charge in [0.25, 0.3) is 5.89 Å². The van der Waals surface area contributed by atoms with Crippen molar-refractivity contribution >= 4 is 16.7 Å². The van der Waals surface area contributed by atoms with Gasteiger partial charge in [-0.1, -0.05) is 43.5 Å². The fraction of sp³-hybridized carbons (Fsp3) is 0.368. The molecule has 1 amide bonds. The van der Waals surface area contributed by atoms with Gasteiger partial charge in [0.2, 0.25) is 11.8 Å². The lowest BCUT2D eigenvalue weighted by molar-refractivity contribution is -0.126. The summed E-state index contributed by atoms with van der Waals surface area (Å²) in [6, 6.07) is 9.87. The molecule has 6 nitrogen and oxygen atoms in total. The Morgan fingerprint density at radius 1 is 1.12 bits per heavy atom. The van der Waals surface area contributed by atoms with Crippen molar-refractivity contribution in [2.45, 2.75) is 38.6 Å². The Bertz CT molecular complexity index is 879. The van der Waals surface area contributed by atoms with Crippen molar-refractivity contribution in [1.29, 1.82) is 0 Å². The van der Waals surface area contributed by atoms with Crippen LogP contribution in [0.2, 0.25) is 0 Å². The van der Waals surface area contributed by atoms with Crippen LogP contribution in [0.5, 0.6) is 0 Å². The third kappa shape index (κ3) is 3.38. The van der Waals surface area contributed by atoms with Gasteiger partial charge in [0.15, 0.2) is 0 Å². The van der Waals surface area contributed by atoms with E-state index >= 15 is 0 Å². The number of pyridine rings is 1. The molecule has 1 saturated carbocycles. The normalized spacial score (nSPS) is 15.4. The van der Waals surface area contributed by atoms with Crippen molar-refractivity contribution < 1.29 is 9.21 Å². The molecule has 0 aliphatic heterocycles. The summed E-state index contributed by atoms with van der Waals surface area (Å²) in [7, 11) is 0. The fourth-order valence-corrected chi connectivity index (χ4v) is 3.38. The summed E-state index contributed by atoms with van der Waals surface area (Å²) >= 11 is 0. The molecule has 6 heteroatoms. The Hall–Kier alpha value is -2.76. The van der Waals surface area contributed by atoms with Gasteiger partial charge >= 0.3 is 0 Å². The molecule has 1 aromatic carbocycles. The second-order valence-electron chi connectivity index (χ2n) is 6.43. The zero-order valence-corrected chi connectivity index (χ0v) is 13.9. The Balaban J connectivity index is 1.47. The molecule has 0 bridgehead atoms. The monoisotopic (exact) mass is 336 g/mol. The molecule has 25 heavy (non-hydrogen) atoms. The largest absolute Gasteiger partial charge is 0.417 e. The number of carbonyl (C=O) groups excluding carboxylic acids is 1.